The number of carbonyl (C=O) groups excluding carboxylic acids is 2. The molecule has 0 aliphatic carbocycles. The molecule has 152 valence electrons. The molecule has 0 spiro atoms. The average Bonchev–Trinajstić information content (AvgIpc) is 3.02. The van der Waals surface area contributed by atoms with E-state index in [9.17, 15) is 19.7 Å². The van der Waals surface area contributed by atoms with Crippen molar-refractivity contribution < 1.29 is 14.5 Å². The number of benzene rings is 2. The van der Waals surface area contributed by atoms with E-state index < -0.39 is 10.8 Å². The Morgan fingerprint density at radius 3 is 2.34 bits per heavy atom. The number of nitro benzene ring substituents is 1. The predicted molar refractivity (Wildman–Crippen MR) is 111 cm³/mol. The standard InChI is InChI=1S/C21H24N4O4/c26-20(15-22-21(27)16-6-5-7-19(14-16)25(28)29)23-17-8-10-18(11-9-17)24-12-3-1-2-4-13-24/h5-11,14H,1-4,12-13,15H2,(H,22,27)(H,23,26). The molecule has 3 rings (SSSR count). The lowest BCUT2D eigenvalue weighted by molar-refractivity contribution is -0.384. The molecule has 29 heavy (non-hydrogen) atoms. The van der Waals surface area contributed by atoms with Crippen LogP contribution in [0.25, 0.3) is 0 Å². The molecule has 0 saturated carbocycles. The zero-order chi connectivity index (χ0) is 20.6. The van der Waals surface area contributed by atoms with Crippen molar-refractivity contribution in [2.75, 3.05) is 29.9 Å². The molecule has 8 nitrogen and oxygen atoms in total. The van der Waals surface area contributed by atoms with Gasteiger partial charge >= 0.3 is 0 Å². The summed E-state index contributed by atoms with van der Waals surface area (Å²) in [5, 5.41) is 16.0. The summed E-state index contributed by atoms with van der Waals surface area (Å²) >= 11 is 0. The van der Waals surface area contributed by atoms with Crippen LogP contribution >= 0.6 is 0 Å². The van der Waals surface area contributed by atoms with Crippen molar-refractivity contribution in [3.05, 3.63) is 64.2 Å². The third-order valence-corrected chi connectivity index (χ3v) is 4.85. The van der Waals surface area contributed by atoms with E-state index in [0.29, 0.717) is 5.69 Å². The molecule has 1 heterocycles. The Morgan fingerprint density at radius 1 is 1.00 bits per heavy atom. The van der Waals surface area contributed by atoms with Crippen LogP contribution < -0.4 is 15.5 Å². The van der Waals surface area contributed by atoms with Gasteiger partial charge in [-0.1, -0.05) is 18.9 Å². The van der Waals surface area contributed by atoms with Crippen LogP contribution in [0, 0.1) is 10.1 Å². The second-order valence-electron chi connectivity index (χ2n) is 6.99. The van der Waals surface area contributed by atoms with Gasteiger partial charge in [-0.15, -0.1) is 0 Å². The molecular weight excluding hydrogens is 372 g/mol. The van der Waals surface area contributed by atoms with Gasteiger partial charge in [-0.2, -0.15) is 0 Å². The van der Waals surface area contributed by atoms with Crippen LogP contribution in [0.3, 0.4) is 0 Å². The van der Waals surface area contributed by atoms with Crippen molar-refractivity contribution in [2.45, 2.75) is 25.7 Å². The molecule has 2 N–H and O–H groups in total. The predicted octanol–water partition coefficient (Wildman–Crippen LogP) is 3.34. The van der Waals surface area contributed by atoms with E-state index in [1.165, 1.54) is 49.9 Å². The van der Waals surface area contributed by atoms with Gasteiger partial charge < -0.3 is 15.5 Å². The zero-order valence-electron chi connectivity index (χ0n) is 16.1. The van der Waals surface area contributed by atoms with Crippen molar-refractivity contribution in [1.82, 2.24) is 5.32 Å². The topological polar surface area (TPSA) is 105 Å². The Balaban J connectivity index is 1.50. The summed E-state index contributed by atoms with van der Waals surface area (Å²) in [6.07, 6.45) is 4.94. The highest BCUT2D eigenvalue weighted by atomic mass is 16.6. The number of hydrogen-bond acceptors (Lipinski definition) is 5. The second kappa shape index (κ2) is 9.68. The summed E-state index contributed by atoms with van der Waals surface area (Å²) in [6.45, 7) is 1.88. The fraction of sp³-hybridized carbons (Fsp3) is 0.333. The molecule has 1 aliphatic heterocycles. The van der Waals surface area contributed by atoms with Crippen LogP contribution in [0.1, 0.15) is 36.0 Å². The Labute approximate surface area is 169 Å². The van der Waals surface area contributed by atoms with Crippen LogP contribution in [-0.2, 0) is 4.79 Å². The first kappa shape index (κ1) is 20.3. The van der Waals surface area contributed by atoms with Gasteiger partial charge in [0.05, 0.1) is 11.5 Å². The molecule has 0 aromatic heterocycles. The fourth-order valence-electron chi connectivity index (χ4n) is 3.31. The van der Waals surface area contributed by atoms with E-state index in [1.807, 2.05) is 24.3 Å². The smallest absolute Gasteiger partial charge is 0.270 e. The molecule has 1 aliphatic rings. The SMILES string of the molecule is O=C(CNC(=O)c1cccc([N+](=O)[O-])c1)Nc1ccc(N2CCCCCC2)cc1. The Morgan fingerprint density at radius 2 is 1.69 bits per heavy atom. The molecule has 2 aromatic rings. The van der Waals surface area contributed by atoms with Crippen LogP contribution in [-0.4, -0.2) is 36.4 Å². The lowest BCUT2D eigenvalue weighted by Crippen LogP contribution is -2.32. The molecule has 2 aromatic carbocycles. The number of anilines is 2. The van der Waals surface area contributed by atoms with E-state index in [-0.39, 0.29) is 23.7 Å². The summed E-state index contributed by atoms with van der Waals surface area (Å²) in [5.74, 6) is -0.910. The summed E-state index contributed by atoms with van der Waals surface area (Å²) in [4.78, 5) is 36.8. The van der Waals surface area contributed by atoms with Crippen LogP contribution in [0.4, 0.5) is 17.1 Å². The van der Waals surface area contributed by atoms with Gasteiger partial charge in [-0.25, -0.2) is 0 Å². The molecule has 2 amide bonds. The number of rotatable bonds is 6. The third-order valence-electron chi connectivity index (χ3n) is 4.85. The van der Waals surface area contributed by atoms with E-state index >= 15 is 0 Å². The number of nitro groups is 1. The Hall–Kier alpha value is -3.42. The van der Waals surface area contributed by atoms with Crippen LogP contribution in [0.15, 0.2) is 48.5 Å². The lowest BCUT2D eigenvalue weighted by Gasteiger charge is -2.22. The second-order valence-corrected chi connectivity index (χ2v) is 6.99. The first-order valence-electron chi connectivity index (χ1n) is 9.70. The largest absolute Gasteiger partial charge is 0.372 e. The minimum Gasteiger partial charge on any atom is -0.372 e. The van der Waals surface area contributed by atoms with E-state index in [0.717, 1.165) is 18.8 Å². The van der Waals surface area contributed by atoms with Crippen molar-refractivity contribution in [1.29, 1.82) is 0 Å². The summed E-state index contributed by atoms with van der Waals surface area (Å²) < 4.78 is 0. The van der Waals surface area contributed by atoms with Gasteiger partial charge in [0.15, 0.2) is 0 Å². The first-order chi connectivity index (χ1) is 14.0. The van der Waals surface area contributed by atoms with Gasteiger partial charge in [-0.05, 0) is 43.2 Å². The van der Waals surface area contributed by atoms with Gasteiger partial charge in [0.25, 0.3) is 11.6 Å². The van der Waals surface area contributed by atoms with Crippen molar-refractivity contribution in [2.24, 2.45) is 0 Å². The minimum absolute atomic E-state index is 0.133. The summed E-state index contributed by atoms with van der Waals surface area (Å²) in [7, 11) is 0. The van der Waals surface area contributed by atoms with Crippen molar-refractivity contribution in [3.8, 4) is 0 Å². The molecule has 0 atom stereocenters. The van der Waals surface area contributed by atoms with E-state index in [2.05, 4.69) is 15.5 Å². The molecule has 0 bridgehead atoms. The zero-order valence-corrected chi connectivity index (χ0v) is 16.1. The number of nitrogens with one attached hydrogen (secondary N) is 2. The molecule has 8 heteroatoms. The van der Waals surface area contributed by atoms with Gasteiger partial charge in [0.2, 0.25) is 5.91 Å². The van der Waals surface area contributed by atoms with Crippen molar-refractivity contribution in [3.63, 3.8) is 0 Å². The molecule has 1 saturated heterocycles. The third kappa shape index (κ3) is 5.78. The molecule has 1 fully saturated rings. The molecule has 0 radical (unpaired) electrons. The number of amides is 2. The van der Waals surface area contributed by atoms with Gasteiger partial charge in [0, 0.05) is 42.2 Å². The number of nitrogens with zero attached hydrogens (tertiary/aromatic N) is 2. The Bertz CT molecular complexity index is 875. The molecule has 0 unspecified atom stereocenters. The first-order valence-corrected chi connectivity index (χ1v) is 9.70. The highest BCUT2D eigenvalue weighted by Gasteiger charge is 2.13. The number of hydrogen-bond donors (Lipinski definition) is 2. The van der Waals surface area contributed by atoms with E-state index in [4.69, 9.17) is 0 Å². The summed E-state index contributed by atoms with van der Waals surface area (Å²) in [5.41, 5.74) is 1.75. The number of non-ortho nitro benzene ring substituents is 1. The normalized spacial score (nSPS) is 14.0. The fourth-order valence-corrected chi connectivity index (χ4v) is 3.31. The maximum atomic E-state index is 12.1. The van der Waals surface area contributed by atoms with Gasteiger partial charge in [0.1, 0.15) is 0 Å². The van der Waals surface area contributed by atoms with Crippen molar-refractivity contribution >= 4 is 28.9 Å². The highest BCUT2D eigenvalue weighted by molar-refractivity contribution is 5.99. The van der Waals surface area contributed by atoms with E-state index in [1.54, 1.807) is 0 Å². The summed E-state index contributed by atoms with van der Waals surface area (Å²) in [6, 6.07) is 13.0. The monoisotopic (exact) mass is 396 g/mol. The van der Waals surface area contributed by atoms with Gasteiger partial charge in [-0.3, -0.25) is 19.7 Å². The quantitative estimate of drug-likeness (QED) is 0.576. The highest BCUT2D eigenvalue weighted by Crippen LogP contribution is 2.21. The minimum atomic E-state index is -0.571. The molecular formula is C21H24N4O4. The maximum Gasteiger partial charge on any atom is 0.270 e. The average molecular weight is 396 g/mol. The van der Waals surface area contributed by atoms with Crippen LogP contribution in [0.2, 0.25) is 0 Å². The maximum absolute atomic E-state index is 12.1. The van der Waals surface area contributed by atoms with Crippen LogP contribution in [0.5, 0.6) is 0 Å². The Kier molecular flexibility index (Phi) is 6.78. The number of carbonyl (C=O) groups is 2. The lowest BCUT2D eigenvalue weighted by atomic mass is 10.2.